The van der Waals surface area contributed by atoms with E-state index < -0.39 is 0 Å². The van der Waals surface area contributed by atoms with Gasteiger partial charge in [0.1, 0.15) is 5.69 Å². The van der Waals surface area contributed by atoms with Gasteiger partial charge in [-0.3, -0.25) is 19.8 Å². The molecule has 0 aromatic heterocycles. The summed E-state index contributed by atoms with van der Waals surface area (Å²) in [6.07, 6.45) is 0. The van der Waals surface area contributed by atoms with Crippen LogP contribution in [0.15, 0.2) is 22.7 Å². The molecule has 1 heterocycles. The van der Waals surface area contributed by atoms with Crippen molar-refractivity contribution in [3.63, 3.8) is 0 Å². The number of carbonyl (C=O) groups excluding carboxylic acids is 1. The third-order valence-electron chi connectivity index (χ3n) is 3.49. The lowest BCUT2D eigenvalue weighted by atomic mass is 10.2. The summed E-state index contributed by atoms with van der Waals surface area (Å²) < 4.78 is 0.691. The van der Waals surface area contributed by atoms with Gasteiger partial charge in [-0.15, -0.1) is 0 Å². The summed E-state index contributed by atoms with van der Waals surface area (Å²) in [5.41, 5.74) is 0.729. The van der Waals surface area contributed by atoms with Crippen molar-refractivity contribution in [1.82, 2.24) is 10.2 Å². The van der Waals surface area contributed by atoms with E-state index in [4.69, 9.17) is 0 Å². The van der Waals surface area contributed by atoms with Crippen LogP contribution in [0.2, 0.25) is 0 Å². The zero-order valence-electron chi connectivity index (χ0n) is 11.7. The molecule has 21 heavy (non-hydrogen) atoms. The van der Waals surface area contributed by atoms with E-state index in [1.165, 1.54) is 6.07 Å². The van der Waals surface area contributed by atoms with Crippen LogP contribution in [0.4, 0.5) is 11.4 Å². The summed E-state index contributed by atoms with van der Waals surface area (Å²) in [5, 5.41) is 13.8. The molecule has 0 aliphatic carbocycles. The Balaban J connectivity index is 2.05. The molecule has 0 bridgehead atoms. The van der Waals surface area contributed by atoms with Crippen LogP contribution in [0.5, 0.6) is 0 Å². The molecule has 1 saturated heterocycles. The monoisotopic (exact) mass is 356 g/mol. The Morgan fingerprint density at radius 3 is 2.62 bits per heavy atom. The molecule has 2 rings (SSSR count). The molecule has 0 saturated carbocycles. The minimum atomic E-state index is -0.364. The van der Waals surface area contributed by atoms with Crippen LogP contribution in [0, 0.1) is 10.1 Å². The fraction of sp³-hybridized carbons (Fsp3) is 0.462. The van der Waals surface area contributed by atoms with Crippen LogP contribution in [0.3, 0.4) is 0 Å². The average Bonchev–Trinajstić information content (AvgIpc) is 2.48. The number of carbonyl (C=O) groups is 1. The number of amides is 1. The number of nitro benzene ring substituents is 1. The molecular weight excluding hydrogens is 340 g/mol. The molecule has 1 aliphatic rings. The van der Waals surface area contributed by atoms with E-state index in [9.17, 15) is 14.9 Å². The quantitative estimate of drug-likeness (QED) is 0.648. The number of likely N-dealkylation sites (N-methyl/N-ethyl adjacent to an activating group) is 1. The summed E-state index contributed by atoms with van der Waals surface area (Å²) in [4.78, 5) is 26.2. The van der Waals surface area contributed by atoms with Gasteiger partial charge in [0.2, 0.25) is 5.91 Å². The van der Waals surface area contributed by atoms with E-state index in [-0.39, 0.29) is 16.5 Å². The molecule has 114 valence electrons. The lowest BCUT2D eigenvalue weighted by Crippen LogP contribution is -2.49. The molecule has 1 aromatic carbocycles. The van der Waals surface area contributed by atoms with Crippen LogP contribution in [0.1, 0.15) is 0 Å². The van der Waals surface area contributed by atoms with Gasteiger partial charge in [0.05, 0.1) is 11.5 Å². The Hall–Kier alpha value is -1.67. The predicted molar refractivity (Wildman–Crippen MR) is 83.5 cm³/mol. The molecular formula is C13H17BrN4O3. The van der Waals surface area contributed by atoms with E-state index in [1.807, 2.05) is 9.80 Å². The van der Waals surface area contributed by atoms with Crippen molar-refractivity contribution in [3.8, 4) is 0 Å². The number of nitro groups is 1. The average molecular weight is 357 g/mol. The molecule has 0 unspecified atom stereocenters. The van der Waals surface area contributed by atoms with E-state index in [2.05, 4.69) is 21.2 Å². The summed E-state index contributed by atoms with van der Waals surface area (Å²) in [6, 6.07) is 5.09. The van der Waals surface area contributed by atoms with Gasteiger partial charge in [0.15, 0.2) is 0 Å². The Morgan fingerprint density at radius 1 is 1.38 bits per heavy atom. The number of nitrogens with one attached hydrogen (secondary N) is 1. The highest BCUT2D eigenvalue weighted by Crippen LogP contribution is 2.31. The number of hydrogen-bond donors (Lipinski definition) is 1. The van der Waals surface area contributed by atoms with Crippen molar-refractivity contribution < 1.29 is 9.72 Å². The number of rotatable bonds is 4. The fourth-order valence-electron chi connectivity index (χ4n) is 2.34. The summed E-state index contributed by atoms with van der Waals surface area (Å²) in [5.74, 6) is -0.0157. The molecule has 1 aromatic rings. The molecule has 1 aliphatic heterocycles. The first kappa shape index (κ1) is 15.7. The van der Waals surface area contributed by atoms with Gasteiger partial charge in [-0.1, -0.05) is 15.9 Å². The summed E-state index contributed by atoms with van der Waals surface area (Å²) in [7, 11) is 1.61. The van der Waals surface area contributed by atoms with E-state index in [0.29, 0.717) is 42.9 Å². The number of piperazine rings is 1. The maximum atomic E-state index is 11.4. The van der Waals surface area contributed by atoms with Crippen LogP contribution >= 0.6 is 15.9 Å². The molecule has 0 radical (unpaired) electrons. The van der Waals surface area contributed by atoms with Crippen molar-refractivity contribution in [2.45, 2.75) is 0 Å². The van der Waals surface area contributed by atoms with Crippen molar-refractivity contribution in [3.05, 3.63) is 32.8 Å². The first-order chi connectivity index (χ1) is 10.0. The number of hydrogen-bond acceptors (Lipinski definition) is 5. The Morgan fingerprint density at radius 2 is 2.05 bits per heavy atom. The molecule has 1 N–H and O–H groups in total. The van der Waals surface area contributed by atoms with Crippen LogP contribution in [0.25, 0.3) is 0 Å². The molecule has 1 fully saturated rings. The van der Waals surface area contributed by atoms with Crippen LogP contribution in [-0.2, 0) is 4.79 Å². The molecule has 1 amide bonds. The SMILES string of the molecule is CNC(=O)CN1CCN(c2ccc(Br)cc2[N+](=O)[O-])CC1. The second-order valence-corrected chi connectivity index (χ2v) is 5.74. The number of anilines is 1. The van der Waals surface area contributed by atoms with Crippen LogP contribution < -0.4 is 10.2 Å². The maximum Gasteiger partial charge on any atom is 0.293 e. The first-order valence-electron chi connectivity index (χ1n) is 6.63. The maximum absolute atomic E-state index is 11.4. The number of benzene rings is 1. The highest BCUT2D eigenvalue weighted by molar-refractivity contribution is 9.10. The van der Waals surface area contributed by atoms with Crippen LogP contribution in [-0.4, -0.2) is 55.5 Å². The van der Waals surface area contributed by atoms with Gasteiger partial charge < -0.3 is 10.2 Å². The minimum absolute atomic E-state index is 0.0157. The second kappa shape index (κ2) is 6.86. The highest BCUT2D eigenvalue weighted by atomic mass is 79.9. The Bertz CT molecular complexity index is 544. The second-order valence-electron chi connectivity index (χ2n) is 4.83. The Labute approximate surface area is 131 Å². The summed E-state index contributed by atoms with van der Waals surface area (Å²) >= 11 is 3.26. The van der Waals surface area contributed by atoms with E-state index >= 15 is 0 Å². The number of halogens is 1. The van der Waals surface area contributed by atoms with Gasteiger partial charge >= 0.3 is 0 Å². The molecule has 0 spiro atoms. The normalized spacial score (nSPS) is 15.8. The lowest BCUT2D eigenvalue weighted by molar-refractivity contribution is -0.384. The standard InChI is InChI=1S/C13H17BrN4O3/c1-15-13(19)9-16-4-6-17(7-5-16)11-3-2-10(14)8-12(11)18(20)21/h2-3,8H,4-7,9H2,1H3,(H,15,19). The largest absolute Gasteiger partial charge is 0.363 e. The first-order valence-corrected chi connectivity index (χ1v) is 7.42. The highest BCUT2D eigenvalue weighted by Gasteiger charge is 2.24. The minimum Gasteiger partial charge on any atom is -0.363 e. The molecule has 7 nitrogen and oxygen atoms in total. The van der Waals surface area contributed by atoms with Crippen molar-refractivity contribution in [1.29, 1.82) is 0 Å². The topological polar surface area (TPSA) is 78.7 Å². The van der Waals surface area contributed by atoms with E-state index in [0.717, 1.165) is 0 Å². The van der Waals surface area contributed by atoms with Crippen molar-refractivity contribution in [2.24, 2.45) is 0 Å². The molecule has 8 heteroatoms. The van der Waals surface area contributed by atoms with Gasteiger partial charge in [0, 0.05) is 43.8 Å². The van der Waals surface area contributed by atoms with Gasteiger partial charge in [-0.05, 0) is 12.1 Å². The van der Waals surface area contributed by atoms with Crippen molar-refractivity contribution in [2.75, 3.05) is 44.7 Å². The van der Waals surface area contributed by atoms with Crippen molar-refractivity contribution >= 4 is 33.2 Å². The zero-order valence-corrected chi connectivity index (χ0v) is 13.3. The predicted octanol–water partition coefficient (Wildman–Crippen LogP) is 1.23. The molecule has 0 atom stereocenters. The smallest absolute Gasteiger partial charge is 0.293 e. The number of nitrogens with zero attached hydrogens (tertiary/aromatic N) is 3. The van der Waals surface area contributed by atoms with Gasteiger partial charge in [0.25, 0.3) is 5.69 Å². The lowest BCUT2D eigenvalue weighted by Gasteiger charge is -2.35. The van der Waals surface area contributed by atoms with Gasteiger partial charge in [-0.2, -0.15) is 0 Å². The third-order valence-corrected chi connectivity index (χ3v) is 3.99. The zero-order chi connectivity index (χ0) is 15.4. The Kier molecular flexibility index (Phi) is 5.13. The third kappa shape index (κ3) is 3.92. The fourth-order valence-corrected chi connectivity index (χ4v) is 2.69. The van der Waals surface area contributed by atoms with Gasteiger partial charge in [-0.25, -0.2) is 0 Å². The van der Waals surface area contributed by atoms with E-state index in [1.54, 1.807) is 19.2 Å². The summed E-state index contributed by atoms with van der Waals surface area (Å²) in [6.45, 7) is 3.12.